The van der Waals surface area contributed by atoms with Crippen LogP contribution in [-0.2, 0) is 11.2 Å². The van der Waals surface area contributed by atoms with Crippen molar-refractivity contribution in [1.82, 2.24) is 10.3 Å². The highest BCUT2D eigenvalue weighted by Crippen LogP contribution is 2.34. The molecular formula is C14H22N2OS. The van der Waals surface area contributed by atoms with Crippen LogP contribution in [0.1, 0.15) is 48.7 Å². The maximum absolute atomic E-state index is 5.49. The van der Waals surface area contributed by atoms with Gasteiger partial charge in [0, 0.05) is 30.3 Å². The molecule has 1 atom stereocenters. The van der Waals surface area contributed by atoms with E-state index in [9.17, 15) is 0 Å². The molecule has 1 unspecified atom stereocenters. The van der Waals surface area contributed by atoms with Crippen LogP contribution in [-0.4, -0.2) is 30.8 Å². The van der Waals surface area contributed by atoms with E-state index in [1.807, 2.05) is 11.3 Å². The summed E-state index contributed by atoms with van der Waals surface area (Å²) >= 11 is 1.86. The zero-order chi connectivity index (χ0) is 12.2. The van der Waals surface area contributed by atoms with E-state index in [4.69, 9.17) is 9.72 Å². The Kier molecular flexibility index (Phi) is 4.28. The monoisotopic (exact) mass is 266 g/mol. The lowest BCUT2D eigenvalue weighted by molar-refractivity contribution is 0.0767. The second-order valence-electron chi connectivity index (χ2n) is 5.44. The van der Waals surface area contributed by atoms with Gasteiger partial charge in [0.1, 0.15) is 0 Å². The molecule has 2 heterocycles. The topological polar surface area (TPSA) is 34.1 Å². The molecule has 100 valence electrons. The van der Waals surface area contributed by atoms with Crippen LogP contribution in [0.15, 0.2) is 5.38 Å². The first kappa shape index (κ1) is 12.6. The minimum Gasteiger partial charge on any atom is -0.379 e. The molecule has 3 nitrogen and oxygen atoms in total. The van der Waals surface area contributed by atoms with Crippen LogP contribution in [0.2, 0.25) is 0 Å². The zero-order valence-electron chi connectivity index (χ0n) is 10.9. The third-order valence-corrected chi connectivity index (χ3v) is 5.03. The van der Waals surface area contributed by atoms with Gasteiger partial charge in [-0.05, 0) is 12.8 Å². The first-order valence-electron chi connectivity index (χ1n) is 7.17. The van der Waals surface area contributed by atoms with E-state index in [0.29, 0.717) is 6.04 Å². The fourth-order valence-corrected chi connectivity index (χ4v) is 3.96. The van der Waals surface area contributed by atoms with Gasteiger partial charge in [0.05, 0.1) is 23.9 Å². The fraction of sp³-hybridized carbons (Fsp3) is 0.786. The minimum atomic E-state index is 0.458. The lowest BCUT2D eigenvalue weighted by atomic mass is 9.90. The van der Waals surface area contributed by atoms with Gasteiger partial charge in [-0.2, -0.15) is 0 Å². The van der Waals surface area contributed by atoms with Gasteiger partial charge in [-0.3, -0.25) is 0 Å². The summed E-state index contributed by atoms with van der Waals surface area (Å²) in [5.74, 6) is 0.744. The van der Waals surface area contributed by atoms with Crippen molar-refractivity contribution in [3.63, 3.8) is 0 Å². The highest BCUT2D eigenvalue weighted by atomic mass is 32.1. The summed E-state index contributed by atoms with van der Waals surface area (Å²) in [6.45, 7) is 2.65. The maximum Gasteiger partial charge on any atom is 0.0959 e. The molecule has 0 spiro atoms. The molecule has 1 saturated heterocycles. The standard InChI is InChI=1S/C14H22N2OS/c1-2-4-11(5-3-1)14-16-13(10-18-14)8-12-9-17-7-6-15-12/h10-12,15H,1-9H2. The maximum atomic E-state index is 5.49. The Morgan fingerprint density at radius 2 is 2.22 bits per heavy atom. The molecule has 1 aliphatic heterocycles. The molecule has 0 amide bonds. The van der Waals surface area contributed by atoms with E-state index >= 15 is 0 Å². The van der Waals surface area contributed by atoms with E-state index in [1.165, 1.54) is 42.8 Å². The van der Waals surface area contributed by atoms with E-state index in [0.717, 1.165) is 32.1 Å². The third kappa shape index (κ3) is 3.11. The highest BCUT2D eigenvalue weighted by molar-refractivity contribution is 7.09. The zero-order valence-corrected chi connectivity index (χ0v) is 11.7. The van der Waals surface area contributed by atoms with Crippen LogP contribution in [0.25, 0.3) is 0 Å². The van der Waals surface area contributed by atoms with Gasteiger partial charge in [-0.1, -0.05) is 19.3 Å². The summed E-state index contributed by atoms with van der Waals surface area (Å²) in [5, 5.41) is 7.12. The summed E-state index contributed by atoms with van der Waals surface area (Å²) in [7, 11) is 0. The van der Waals surface area contributed by atoms with Crippen LogP contribution in [0.3, 0.4) is 0 Å². The molecular weight excluding hydrogens is 244 g/mol. The SMILES string of the molecule is c1sc(C2CCCCC2)nc1CC1COCCN1. The number of ether oxygens (including phenoxy) is 1. The second kappa shape index (κ2) is 6.13. The van der Waals surface area contributed by atoms with Crippen LogP contribution < -0.4 is 5.32 Å². The summed E-state index contributed by atoms with van der Waals surface area (Å²) in [6.07, 6.45) is 7.89. The molecule has 2 fully saturated rings. The first-order valence-corrected chi connectivity index (χ1v) is 8.05. The smallest absolute Gasteiger partial charge is 0.0959 e. The fourth-order valence-electron chi connectivity index (χ4n) is 2.96. The van der Waals surface area contributed by atoms with E-state index in [2.05, 4.69) is 10.7 Å². The van der Waals surface area contributed by atoms with Crippen LogP contribution in [0.5, 0.6) is 0 Å². The molecule has 3 rings (SSSR count). The number of hydrogen-bond acceptors (Lipinski definition) is 4. The summed E-state index contributed by atoms with van der Waals surface area (Å²) in [5.41, 5.74) is 1.25. The Morgan fingerprint density at radius 3 is 3.00 bits per heavy atom. The van der Waals surface area contributed by atoms with Gasteiger partial charge in [0.15, 0.2) is 0 Å². The van der Waals surface area contributed by atoms with Gasteiger partial charge in [0.2, 0.25) is 0 Å². The van der Waals surface area contributed by atoms with Crippen LogP contribution in [0, 0.1) is 0 Å². The molecule has 0 radical (unpaired) electrons. The number of hydrogen-bond donors (Lipinski definition) is 1. The molecule has 2 aliphatic rings. The summed E-state index contributed by atoms with van der Waals surface area (Å²) < 4.78 is 5.49. The molecule has 1 saturated carbocycles. The predicted molar refractivity (Wildman–Crippen MR) is 74.3 cm³/mol. The molecule has 18 heavy (non-hydrogen) atoms. The quantitative estimate of drug-likeness (QED) is 0.913. The molecule has 1 aromatic heterocycles. The summed E-state index contributed by atoms with van der Waals surface area (Å²) in [4.78, 5) is 4.85. The Balaban J connectivity index is 1.58. The molecule has 1 aromatic rings. The van der Waals surface area contributed by atoms with Crippen molar-refractivity contribution in [3.05, 3.63) is 16.1 Å². The predicted octanol–water partition coefficient (Wildman–Crippen LogP) is 2.72. The van der Waals surface area contributed by atoms with Crippen molar-refractivity contribution in [3.8, 4) is 0 Å². The first-order chi connectivity index (χ1) is 8.92. The van der Waals surface area contributed by atoms with Gasteiger partial charge in [0.25, 0.3) is 0 Å². The van der Waals surface area contributed by atoms with E-state index < -0.39 is 0 Å². The molecule has 4 heteroatoms. The van der Waals surface area contributed by atoms with Gasteiger partial charge in [-0.15, -0.1) is 11.3 Å². The largest absolute Gasteiger partial charge is 0.379 e. The number of aromatic nitrogens is 1. The number of nitrogens with zero attached hydrogens (tertiary/aromatic N) is 1. The number of nitrogens with one attached hydrogen (secondary N) is 1. The average Bonchev–Trinajstić information content (AvgIpc) is 2.89. The Hall–Kier alpha value is -0.450. The van der Waals surface area contributed by atoms with Crippen molar-refractivity contribution in [2.45, 2.75) is 50.5 Å². The highest BCUT2D eigenvalue weighted by Gasteiger charge is 2.20. The normalized spacial score (nSPS) is 26.3. The second-order valence-corrected chi connectivity index (χ2v) is 6.33. The van der Waals surface area contributed by atoms with Crippen molar-refractivity contribution in [2.24, 2.45) is 0 Å². The number of rotatable bonds is 3. The Morgan fingerprint density at radius 1 is 1.33 bits per heavy atom. The van der Waals surface area contributed by atoms with E-state index in [1.54, 1.807) is 0 Å². The Bertz CT molecular complexity index is 368. The van der Waals surface area contributed by atoms with E-state index in [-0.39, 0.29) is 0 Å². The molecule has 1 aliphatic carbocycles. The molecule has 0 aromatic carbocycles. The van der Waals surface area contributed by atoms with Gasteiger partial charge < -0.3 is 10.1 Å². The van der Waals surface area contributed by atoms with Crippen molar-refractivity contribution >= 4 is 11.3 Å². The summed E-state index contributed by atoms with van der Waals surface area (Å²) in [6, 6.07) is 0.458. The third-order valence-electron chi connectivity index (χ3n) is 3.98. The van der Waals surface area contributed by atoms with Crippen LogP contribution in [0.4, 0.5) is 0 Å². The number of morpholine rings is 1. The molecule has 1 N–H and O–H groups in total. The van der Waals surface area contributed by atoms with Crippen molar-refractivity contribution in [2.75, 3.05) is 19.8 Å². The molecule has 0 bridgehead atoms. The van der Waals surface area contributed by atoms with Crippen molar-refractivity contribution < 1.29 is 4.74 Å². The lowest BCUT2D eigenvalue weighted by Crippen LogP contribution is -2.42. The Labute approximate surface area is 113 Å². The van der Waals surface area contributed by atoms with Crippen molar-refractivity contribution in [1.29, 1.82) is 0 Å². The average molecular weight is 266 g/mol. The minimum absolute atomic E-state index is 0.458. The van der Waals surface area contributed by atoms with Gasteiger partial charge >= 0.3 is 0 Å². The number of thiazole rings is 1. The van der Waals surface area contributed by atoms with Gasteiger partial charge in [-0.25, -0.2) is 4.98 Å². The lowest BCUT2D eigenvalue weighted by Gasteiger charge is -2.23. The van der Waals surface area contributed by atoms with Crippen LogP contribution >= 0.6 is 11.3 Å².